The first-order valence-electron chi connectivity index (χ1n) is 16.5. The third-order valence-electron chi connectivity index (χ3n) is 9.64. The molecule has 11 heteroatoms. The molecule has 0 saturated carbocycles. The number of rotatable bonds is 8. The summed E-state index contributed by atoms with van der Waals surface area (Å²) in [5, 5.41) is 13.2. The summed E-state index contributed by atoms with van der Waals surface area (Å²) in [5.41, 5.74) is 23.0. The Morgan fingerprint density at radius 1 is 1.08 bits per heavy atom. The van der Waals surface area contributed by atoms with Crippen molar-refractivity contribution in [2.75, 3.05) is 25.9 Å². The monoisotopic (exact) mass is 686 g/mol. The molecule has 3 unspecified atom stereocenters. The number of likely N-dealkylation sites (tertiary alicyclic amines) is 1. The fourth-order valence-corrected chi connectivity index (χ4v) is 8.39. The number of nitrogens with two attached hydrogens (primary N) is 3. The number of carbonyl (C=O) groups excluding carboxylic acids is 2. The summed E-state index contributed by atoms with van der Waals surface area (Å²) in [4.78, 5) is 30.6. The predicted molar refractivity (Wildman–Crippen MR) is 194 cm³/mol. The zero-order valence-corrected chi connectivity index (χ0v) is 28.7. The summed E-state index contributed by atoms with van der Waals surface area (Å²) in [6.07, 6.45) is 1.88. The zero-order valence-electron chi connectivity index (χ0n) is 27.9. The average Bonchev–Trinajstić information content (AvgIpc) is 3.52. The molecule has 1 fully saturated rings. The number of nitrogens with zero attached hydrogens (tertiary/aromatic N) is 2. The predicted octanol–water partition coefficient (Wildman–Crippen LogP) is 5.64. The van der Waals surface area contributed by atoms with Crippen LogP contribution in [0.25, 0.3) is 10.1 Å². The number of hydrogen-bond acceptors (Lipinski definition) is 10. The standard InChI is InChI=1S/C39H38N6O4S/c1-22-17-27(49-26-10-5-7-23(18-26)21-48-31-11-4-3-8-24(31)19-40)12-13-28(22)39(43)29-14-15-30(41)35-32(29)33(34(42)37(39)46)36(50-35)38(47)44-25-9-6-16-45(2)20-25/h3-5,7-8,10-15,17-18,25,34H,6,9,16,20-21,41-43H2,1-2H3,(H,44,47). The minimum atomic E-state index is -1.58. The van der Waals surface area contributed by atoms with Gasteiger partial charge in [-0.15, -0.1) is 11.3 Å². The third-order valence-corrected chi connectivity index (χ3v) is 10.9. The molecule has 254 valence electrons. The van der Waals surface area contributed by atoms with Crippen LogP contribution < -0.4 is 32.0 Å². The molecule has 1 saturated heterocycles. The number of nitrogens with one attached hydrogen (secondary N) is 1. The van der Waals surface area contributed by atoms with E-state index in [-0.39, 0.29) is 18.6 Å². The Bertz CT molecular complexity index is 2190. The van der Waals surface area contributed by atoms with Gasteiger partial charge in [0.15, 0.2) is 5.78 Å². The number of carbonyl (C=O) groups is 2. The summed E-state index contributed by atoms with van der Waals surface area (Å²) in [6, 6.07) is 24.5. The van der Waals surface area contributed by atoms with Gasteiger partial charge in [-0.1, -0.05) is 36.4 Å². The SMILES string of the molecule is Cc1cc(Oc2cccc(COc3ccccc3C#N)c2)ccc1C1(N)C(=O)C(N)c2c(C(=O)NC3CCCN(C)C3)sc3c(N)ccc1c23. The van der Waals surface area contributed by atoms with Crippen molar-refractivity contribution in [2.24, 2.45) is 11.5 Å². The number of aryl methyl sites for hydroxylation is 1. The molecule has 50 heavy (non-hydrogen) atoms. The second-order valence-electron chi connectivity index (χ2n) is 13.1. The number of para-hydroxylation sites is 1. The first-order chi connectivity index (χ1) is 24.1. The van der Waals surface area contributed by atoms with Crippen LogP contribution in [0.4, 0.5) is 5.69 Å². The van der Waals surface area contributed by atoms with Crippen LogP contribution >= 0.6 is 11.3 Å². The molecule has 4 aromatic carbocycles. The molecule has 2 aliphatic rings. The van der Waals surface area contributed by atoms with Crippen molar-refractivity contribution in [3.05, 3.63) is 117 Å². The third kappa shape index (κ3) is 5.86. The van der Waals surface area contributed by atoms with Crippen LogP contribution in [0.5, 0.6) is 17.2 Å². The van der Waals surface area contributed by atoms with Gasteiger partial charge in [-0.3, -0.25) is 9.59 Å². The molecule has 7 rings (SSSR count). The number of ether oxygens (including phenoxy) is 2. The minimum Gasteiger partial charge on any atom is -0.488 e. The molecule has 1 aliphatic carbocycles. The number of benzene rings is 4. The van der Waals surface area contributed by atoms with Crippen molar-refractivity contribution in [1.82, 2.24) is 10.2 Å². The van der Waals surface area contributed by atoms with Gasteiger partial charge < -0.3 is 36.9 Å². The van der Waals surface area contributed by atoms with Crippen LogP contribution in [-0.4, -0.2) is 42.8 Å². The van der Waals surface area contributed by atoms with Crippen molar-refractivity contribution >= 4 is 38.8 Å². The van der Waals surface area contributed by atoms with Crippen molar-refractivity contribution in [2.45, 2.75) is 44.0 Å². The molecule has 0 radical (unpaired) electrons. The number of ketones is 1. The lowest BCUT2D eigenvalue weighted by atomic mass is 9.69. The van der Waals surface area contributed by atoms with E-state index in [0.717, 1.165) is 37.1 Å². The highest BCUT2D eigenvalue weighted by molar-refractivity contribution is 7.21. The number of hydrogen-bond donors (Lipinski definition) is 4. The van der Waals surface area contributed by atoms with E-state index in [1.165, 1.54) is 11.3 Å². The second-order valence-corrected chi connectivity index (χ2v) is 14.1. The molecule has 7 N–H and O–H groups in total. The van der Waals surface area contributed by atoms with E-state index in [2.05, 4.69) is 16.3 Å². The molecule has 1 aliphatic heterocycles. The number of amides is 1. The van der Waals surface area contributed by atoms with Gasteiger partial charge in [0.05, 0.1) is 21.2 Å². The lowest BCUT2D eigenvalue weighted by Crippen LogP contribution is -2.53. The van der Waals surface area contributed by atoms with Crippen LogP contribution in [0.1, 0.15) is 61.9 Å². The molecule has 3 atom stereocenters. The highest BCUT2D eigenvalue weighted by Crippen LogP contribution is 2.50. The van der Waals surface area contributed by atoms with Gasteiger partial charge in [0.2, 0.25) is 0 Å². The van der Waals surface area contributed by atoms with Crippen LogP contribution in [0.2, 0.25) is 0 Å². The van der Waals surface area contributed by atoms with Crippen molar-refractivity contribution in [3.8, 4) is 23.3 Å². The van der Waals surface area contributed by atoms with Gasteiger partial charge in [-0.05, 0) is 98.1 Å². The second kappa shape index (κ2) is 13.2. The van der Waals surface area contributed by atoms with Gasteiger partial charge in [0.1, 0.15) is 35.5 Å². The largest absolute Gasteiger partial charge is 0.488 e. The minimum absolute atomic E-state index is 0.00528. The summed E-state index contributed by atoms with van der Waals surface area (Å²) in [5.74, 6) is 1.02. The fraction of sp³-hybridized carbons (Fsp3) is 0.256. The Kier molecular flexibility index (Phi) is 8.80. The number of likely N-dealkylation sites (N-methyl/N-ethyl adjacent to an activating group) is 1. The quantitative estimate of drug-likeness (QED) is 0.151. The Labute approximate surface area is 294 Å². The smallest absolute Gasteiger partial charge is 0.262 e. The van der Waals surface area contributed by atoms with Crippen LogP contribution in [0.15, 0.2) is 78.9 Å². The fourth-order valence-electron chi connectivity index (χ4n) is 7.19. The maximum atomic E-state index is 14.3. The Hall–Kier alpha value is -5.25. The average molecular weight is 687 g/mol. The maximum Gasteiger partial charge on any atom is 0.262 e. The maximum absolute atomic E-state index is 14.3. The van der Waals surface area contributed by atoms with E-state index in [9.17, 15) is 14.9 Å². The van der Waals surface area contributed by atoms with Crippen LogP contribution in [0, 0.1) is 18.3 Å². The van der Waals surface area contributed by atoms with E-state index in [0.29, 0.717) is 60.2 Å². The zero-order chi connectivity index (χ0) is 35.2. The van der Waals surface area contributed by atoms with Crippen LogP contribution in [0.3, 0.4) is 0 Å². The van der Waals surface area contributed by atoms with E-state index in [4.69, 9.17) is 26.7 Å². The normalized spacial score (nSPS) is 20.3. The lowest BCUT2D eigenvalue weighted by Gasteiger charge is -2.37. The number of thiophene rings is 1. The van der Waals surface area contributed by atoms with E-state index in [1.54, 1.807) is 42.5 Å². The number of nitrogen functional groups attached to an aromatic ring is 1. The summed E-state index contributed by atoms with van der Waals surface area (Å²) in [7, 11) is 2.04. The molecule has 0 spiro atoms. The first-order valence-corrected chi connectivity index (χ1v) is 17.3. The highest BCUT2D eigenvalue weighted by Gasteiger charge is 2.49. The molecular weight excluding hydrogens is 649 g/mol. The van der Waals surface area contributed by atoms with Gasteiger partial charge in [-0.25, -0.2) is 0 Å². The molecule has 1 amide bonds. The topological polar surface area (TPSA) is 170 Å². The summed E-state index contributed by atoms with van der Waals surface area (Å²) in [6.45, 7) is 3.89. The van der Waals surface area contributed by atoms with Gasteiger partial charge in [-0.2, -0.15) is 5.26 Å². The Morgan fingerprint density at radius 2 is 1.86 bits per heavy atom. The number of Topliss-reactive ketones (excluding diaryl/α,β-unsaturated/α-hetero) is 1. The first kappa shape index (κ1) is 33.3. The molecule has 1 aromatic heterocycles. The lowest BCUT2D eigenvalue weighted by molar-refractivity contribution is -0.124. The molecule has 5 aromatic rings. The number of anilines is 1. The molecule has 0 bridgehead atoms. The molecule has 2 heterocycles. The Balaban J connectivity index is 1.17. The van der Waals surface area contributed by atoms with Crippen LogP contribution in [-0.2, 0) is 16.9 Å². The van der Waals surface area contributed by atoms with Crippen molar-refractivity contribution in [1.29, 1.82) is 5.26 Å². The van der Waals surface area contributed by atoms with Crippen molar-refractivity contribution in [3.63, 3.8) is 0 Å². The van der Waals surface area contributed by atoms with Gasteiger partial charge in [0, 0.05) is 29.2 Å². The highest BCUT2D eigenvalue weighted by atomic mass is 32.1. The molecular formula is C39H38N6O4S. The number of nitriles is 1. The van der Waals surface area contributed by atoms with E-state index < -0.39 is 17.4 Å². The molecule has 10 nitrogen and oxygen atoms in total. The number of piperidine rings is 1. The van der Waals surface area contributed by atoms with E-state index >= 15 is 0 Å². The van der Waals surface area contributed by atoms with Gasteiger partial charge >= 0.3 is 0 Å². The van der Waals surface area contributed by atoms with E-state index in [1.807, 2.05) is 50.4 Å². The Morgan fingerprint density at radius 3 is 2.64 bits per heavy atom. The van der Waals surface area contributed by atoms with Gasteiger partial charge in [0.25, 0.3) is 5.91 Å². The summed E-state index contributed by atoms with van der Waals surface area (Å²) >= 11 is 1.26. The van der Waals surface area contributed by atoms with Crippen molar-refractivity contribution < 1.29 is 19.1 Å². The summed E-state index contributed by atoms with van der Waals surface area (Å²) < 4.78 is 12.8.